The summed E-state index contributed by atoms with van der Waals surface area (Å²) in [5.41, 5.74) is 3.86. The molecule has 0 aliphatic heterocycles. The summed E-state index contributed by atoms with van der Waals surface area (Å²) < 4.78 is 28.0. The Morgan fingerprint density at radius 2 is 1.38 bits per heavy atom. The van der Waals surface area contributed by atoms with Crippen LogP contribution in [0.3, 0.4) is 0 Å². The number of aryl methyl sites for hydroxylation is 3. The van der Waals surface area contributed by atoms with Crippen LogP contribution in [0.2, 0.25) is 0 Å². The average molecular weight is 288 g/mol. The monoisotopic (exact) mass is 288 g/mol. The molecule has 21 heavy (non-hydrogen) atoms. The van der Waals surface area contributed by atoms with Crippen LogP contribution in [-0.2, 0) is 12.8 Å². The lowest BCUT2D eigenvalue weighted by molar-refractivity contribution is 0.505. The summed E-state index contributed by atoms with van der Waals surface area (Å²) in [6.45, 7) is 5.83. The summed E-state index contributed by atoms with van der Waals surface area (Å²) in [6.07, 6.45) is 4.00. The van der Waals surface area contributed by atoms with Gasteiger partial charge in [-0.25, -0.2) is 8.78 Å². The van der Waals surface area contributed by atoms with Crippen LogP contribution < -0.4 is 0 Å². The van der Waals surface area contributed by atoms with Gasteiger partial charge in [0.15, 0.2) is 11.6 Å². The topological polar surface area (TPSA) is 0 Å². The van der Waals surface area contributed by atoms with Crippen molar-refractivity contribution >= 4 is 0 Å². The SMILES string of the molecule is CCCc1cc(CCC)cc(-c2ccc(C)c(F)c2F)c1. The van der Waals surface area contributed by atoms with Crippen LogP contribution in [0.4, 0.5) is 8.78 Å². The largest absolute Gasteiger partial charge is 0.203 e. The number of hydrogen-bond donors (Lipinski definition) is 0. The first-order chi connectivity index (χ1) is 10.1. The molecule has 0 aliphatic rings. The van der Waals surface area contributed by atoms with E-state index in [2.05, 4.69) is 19.9 Å². The highest BCUT2D eigenvalue weighted by molar-refractivity contribution is 5.66. The van der Waals surface area contributed by atoms with Crippen LogP contribution in [0.1, 0.15) is 43.4 Å². The number of halogens is 2. The molecule has 0 saturated carbocycles. The summed E-state index contributed by atoms with van der Waals surface area (Å²) in [5.74, 6) is -1.49. The summed E-state index contributed by atoms with van der Waals surface area (Å²) >= 11 is 0. The maximum atomic E-state index is 14.2. The van der Waals surface area contributed by atoms with Crippen LogP contribution in [0.25, 0.3) is 11.1 Å². The van der Waals surface area contributed by atoms with Crippen LogP contribution in [0, 0.1) is 18.6 Å². The van der Waals surface area contributed by atoms with Crippen molar-refractivity contribution < 1.29 is 8.78 Å². The van der Waals surface area contributed by atoms with Crippen LogP contribution in [-0.4, -0.2) is 0 Å². The van der Waals surface area contributed by atoms with E-state index < -0.39 is 11.6 Å². The van der Waals surface area contributed by atoms with E-state index in [4.69, 9.17) is 0 Å². The Morgan fingerprint density at radius 1 is 0.810 bits per heavy atom. The lowest BCUT2D eigenvalue weighted by Gasteiger charge is -2.11. The van der Waals surface area contributed by atoms with Crippen molar-refractivity contribution in [2.45, 2.75) is 46.5 Å². The molecule has 0 unspecified atom stereocenters. The van der Waals surface area contributed by atoms with Crippen LogP contribution in [0.5, 0.6) is 0 Å². The molecular weight excluding hydrogens is 266 g/mol. The third-order valence-corrected chi connectivity index (χ3v) is 3.72. The Bertz CT molecular complexity index is 605. The van der Waals surface area contributed by atoms with Gasteiger partial charge in [0.2, 0.25) is 0 Å². The van der Waals surface area contributed by atoms with Crippen LogP contribution >= 0.6 is 0 Å². The fraction of sp³-hybridized carbons (Fsp3) is 0.368. The minimum absolute atomic E-state index is 0.342. The van der Waals surface area contributed by atoms with Gasteiger partial charge in [0.05, 0.1) is 0 Å². The highest BCUT2D eigenvalue weighted by Crippen LogP contribution is 2.28. The third kappa shape index (κ3) is 3.49. The van der Waals surface area contributed by atoms with Gasteiger partial charge in [-0.05, 0) is 42.0 Å². The Morgan fingerprint density at radius 3 is 1.90 bits per heavy atom. The molecule has 112 valence electrons. The predicted molar refractivity (Wildman–Crippen MR) is 84.5 cm³/mol. The first-order valence-electron chi connectivity index (χ1n) is 7.64. The van der Waals surface area contributed by atoms with Crippen molar-refractivity contribution in [3.8, 4) is 11.1 Å². The van der Waals surface area contributed by atoms with E-state index in [-0.39, 0.29) is 0 Å². The molecule has 0 spiro atoms. The molecule has 0 fully saturated rings. The van der Waals surface area contributed by atoms with Crippen molar-refractivity contribution in [2.75, 3.05) is 0 Å². The van der Waals surface area contributed by atoms with Gasteiger partial charge < -0.3 is 0 Å². The summed E-state index contributed by atoms with van der Waals surface area (Å²) in [4.78, 5) is 0. The Hall–Kier alpha value is -1.70. The van der Waals surface area contributed by atoms with E-state index >= 15 is 0 Å². The van der Waals surface area contributed by atoms with E-state index in [9.17, 15) is 8.78 Å². The third-order valence-electron chi connectivity index (χ3n) is 3.72. The Labute approximate surface area is 125 Å². The first kappa shape index (κ1) is 15.7. The predicted octanol–water partition coefficient (Wildman–Crippen LogP) is 5.85. The van der Waals surface area contributed by atoms with Crippen molar-refractivity contribution in [1.82, 2.24) is 0 Å². The lowest BCUT2D eigenvalue weighted by Crippen LogP contribution is -1.96. The van der Waals surface area contributed by atoms with Gasteiger partial charge in [0.1, 0.15) is 0 Å². The molecule has 0 bridgehead atoms. The molecule has 0 amide bonds. The Kier molecular flexibility index (Phi) is 5.11. The highest BCUT2D eigenvalue weighted by atomic mass is 19.2. The second kappa shape index (κ2) is 6.84. The number of rotatable bonds is 5. The zero-order valence-electron chi connectivity index (χ0n) is 13.0. The molecule has 0 radical (unpaired) electrons. The second-order valence-electron chi connectivity index (χ2n) is 5.60. The molecule has 2 aromatic rings. The summed E-state index contributed by atoms with van der Waals surface area (Å²) in [6, 6.07) is 9.46. The minimum Gasteiger partial charge on any atom is -0.203 e. The standard InChI is InChI=1S/C19H22F2/c1-4-6-14-10-15(7-5-2)12-16(11-14)17-9-8-13(3)18(20)19(17)21/h8-12H,4-7H2,1-3H3. The average Bonchev–Trinajstić information content (AvgIpc) is 2.45. The molecule has 2 heteroatoms. The fourth-order valence-electron chi connectivity index (χ4n) is 2.65. The van der Waals surface area contributed by atoms with Gasteiger partial charge in [0, 0.05) is 5.56 Å². The second-order valence-corrected chi connectivity index (χ2v) is 5.60. The first-order valence-corrected chi connectivity index (χ1v) is 7.64. The molecule has 0 atom stereocenters. The van der Waals surface area contributed by atoms with Crippen molar-refractivity contribution in [3.05, 3.63) is 58.7 Å². The minimum atomic E-state index is -0.745. The summed E-state index contributed by atoms with van der Waals surface area (Å²) in [7, 11) is 0. The maximum Gasteiger partial charge on any atom is 0.166 e. The van der Waals surface area contributed by atoms with Crippen molar-refractivity contribution in [3.63, 3.8) is 0 Å². The quantitative estimate of drug-likeness (QED) is 0.648. The normalized spacial score (nSPS) is 10.9. The lowest BCUT2D eigenvalue weighted by atomic mass is 9.95. The maximum absolute atomic E-state index is 14.2. The Balaban J connectivity index is 2.54. The number of benzene rings is 2. The molecule has 0 aromatic heterocycles. The molecule has 2 rings (SSSR count). The zero-order chi connectivity index (χ0) is 15.4. The highest BCUT2D eigenvalue weighted by Gasteiger charge is 2.13. The van der Waals surface area contributed by atoms with Gasteiger partial charge in [-0.3, -0.25) is 0 Å². The van der Waals surface area contributed by atoms with Gasteiger partial charge in [-0.15, -0.1) is 0 Å². The smallest absolute Gasteiger partial charge is 0.166 e. The molecule has 0 heterocycles. The molecule has 2 aromatic carbocycles. The van der Waals surface area contributed by atoms with Gasteiger partial charge in [-0.1, -0.05) is 57.0 Å². The van der Waals surface area contributed by atoms with E-state index in [0.717, 1.165) is 31.2 Å². The van der Waals surface area contributed by atoms with E-state index in [1.807, 2.05) is 12.1 Å². The number of hydrogen-bond acceptors (Lipinski definition) is 0. The van der Waals surface area contributed by atoms with Crippen molar-refractivity contribution in [2.24, 2.45) is 0 Å². The van der Waals surface area contributed by atoms with Gasteiger partial charge in [0.25, 0.3) is 0 Å². The molecular formula is C19H22F2. The molecule has 0 nitrogen and oxygen atoms in total. The summed E-state index contributed by atoms with van der Waals surface area (Å²) in [5, 5.41) is 0. The van der Waals surface area contributed by atoms with E-state index in [1.54, 1.807) is 19.1 Å². The van der Waals surface area contributed by atoms with Crippen molar-refractivity contribution in [1.29, 1.82) is 0 Å². The molecule has 0 saturated heterocycles. The fourth-order valence-corrected chi connectivity index (χ4v) is 2.65. The zero-order valence-corrected chi connectivity index (χ0v) is 13.0. The van der Waals surface area contributed by atoms with E-state index in [0.29, 0.717) is 11.1 Å². The van der Waals surface area contributed by atoms with Gasteiger partial charge in [-0.2, -0.15) is 0 Å². The van der Waals surface area contributed by atoms with Crippen LogP contribution in [0.15, 0.2) is 30.3 Å². The van der Waals surface area contributed by atoms with Gasteiger partial charge >= 0.3 is 0 Å². The molecule has 0 aliphatic carbocycles. The van der Waals surface area contributed by atoms with E-state index in [1.165, 1.54) is 11.1 Å². The molecule has 0 N–H and O–H groups in total.